The molecule has 1 atom stereocenters. The van der Waals surface area contributed by atoms with Crippen molar-refractivity contribution in [3.63, 3.8) is 0 Å². The first-order chi connectivity index (χ1) is 15.5. The Morgan fingerprint density at radius 1 is 1.21 bits per heavy atom. The third kappa shape index (κ3) is 5.57. The molecule has 1 heterocycles. The van der Waals surface area contributed by atoms with Crippen molar-refractivity contribution in [3.8, 4) is 11.8 Å². The Balaban J connectivity index is 1.93. The van der Waals surface area contributed by atoms with E-state index >= 15 is 0 Å². The van der Waals surface area contributed by atoms with E-state index in [2.05, 4.69) is 17.2 Å². The summed E-state index contributed by atoms with van der Waals surface area (Å²) in [7, 11) is 0. The van der Waals surface area contributed by atoms with Crippen LogP contribution in [-0.2, 0) is 20.5 Å². The highest BCUT2D eigenvalue weighted by molar-refractivity contribution is 5.84. The summed E-state index contributed by atoms with van der Waals surface area (Å²) in [6.07, 6.45) is -1.50. The fraction of sp³-hybridized carbons (Fsp3) is 0.417. The number of rotatable bonds is 4. The molecule has 2 N–H and O–H groups in total. The number of benzene rings is 1. The third-order valence-corrected chi connectivity index (χ3v) is 5.70. The second-order valence-corrected chi connectivity index (χ2v) is 8.07. The number of carbonyl (C=O) groups excluding carboxylic acids is 1. The van der Waals surface area contributed by atoms with E-state index in [9.17, 15) is 27.9 Å². The second-order valence-electron chi connectivity index (χ2n) is 8.07. The van der Waals surface area contributed by atoms with Crippen molar-refractivity contribution in [2.24, 2.45) is 5.41 Å². The molecule has 0 saturated carbocycles. The van der Waals surface area contributed by atoms with Gasteiger partial charge in [-0.25, -0.2) is 0 Å². The van der Waals surface area contributed by atoms with E-state index in [1.807, 2.05) is 4.90 Å². The highest BCUT2D eigenvalue weighted by Crippen LogP contribution is 2.37. The molecule has 1 fully saturated rings. The van der Waals surface area contributed by atoms with Crippen LogP contribution in [0.4, 0.5) is 18.9 Å². The monoisotopic (exact) mass is 462 g/mol. The number of allylic oxidation sites excluding steroid dienone is 3. The lowest BCUT2D eigenvalue weighted by Gasteiger charge is -2.30. The third-order valence-electron chi connectivity index (χ3n) is 5.70. The minimum absolute atomic E-state index is 0.0572. The second kappa shape index (κ2) is 9.71. The molecule has 1 aromatic rings. The van der Waals surface area contributed by atoms with Gasteiger partial charge in [-0.2, -0.15) is 13.2 Å². The van der Waals surface area contributed by atoms with Gasteiger partial charge in [-0.3, -0.25) is 9.59 Å². The lowest BCUT2D eigenvalue weighted by atomic mass is 9.77. The van der Waals surface area contributed by atoms with Crippen molar-refractivity contribution in [2.75, 3.05) is 31.2 Å². The Kier molecular flexibility index (Phi) is 7.18. The number of carbonyl (C=O) groups is 2. The van der Waals surface area contributed by atoms with Gasteiger partial charge in [-0.05, 0) is 37.3 Å². The number of anilines is 1. The molecule has 9 heteroatoms. The van der Waals surface area contributed by atoms with Crippen molar-refractivity contribution < 1.29 is 32.6 Å². The predicted molar refractivity (Wildman–Crippen MR) is 116 cm³/mol. The van der Waals surface area contributed by atoms with Gasteiger partial charge in [-0.15, -0.1) is 0 Å². The van der Waals surface area contributed by atoms with Crippen molar-refractivity contribution in [3.05, 3.63) is 52.7 Å². The first kappa shape index (κ1) is 24.4. The van der Waals surface area contributed by atoms with Gasteiger partial charge in [-0.1, -0.05) is 18.8 Å². The average Bonchev–Trinajstić information content (AvgIpc) is 2.79. The molecular weight excluding hydrogens is 437 g/mol. The van der Waals surface area contributed by atoms with Gasteiger partial charge in [0.2, 0.25) is 5.91 Å². The first-order valence-electron chi connectivity index (χ1n) is 10.5. The average molecular weight is 462 g/mol. The predicted octanol–water partition coefficient (Wildman–Crippen LogP) is 3.72. The summed E-state index contributed by atoms with van der Waals surface area (Å²) in [6, 6.07) is 4.02. The molecule has 0 radical (unpaired) electrons. The van der Waals surface area contributed by atoms with Crippen LogP contribution in [0.3, 0.4) is 0 Å². The van der Waals surface area contributed by atoms with Crippen LogP contribution >= 0.6 is 0 Å². The zero-order valence-electron chi connectivity index (χ0n) is 18.4. The molecule has 2 aliphatic rings. The zero-order valence-corrected chi connectivity index (χ0v) is 18.4. The molecule has 0 aromatic heterocycles. The molecule has 0 spiro atoms. The van der Waals surface area contributed by atoms with Gasteiger partial charge in [0.15, 0.2) is 0 Å². The standard InChI is InChI=1S/C24H25F3N2O4/c1-3-21(30)28-20-9-5-16(15-23(20,2)22(31)32)4-6-17-7-8-18(14-19(17)24(25,26)27)29-10-12-33-13-11-29/h5,7-9,14H,3,10-13,15H2,1-2H3,(H,28,30)(H,31,32). The molecule has 1 amide bonds. The number of nitrogens with zero attached hydrogens (tertiary/aromatic N) is 1. The normalized spacial score (nSPS) is 20.8. The molecule has 1 saturated heterocycles. The van der Waals surface area contributed by atoms with E-state index < -0.39 is 23.1 Å². The lowest BCUT2D eigenvalue weighted by molar-refractivity contribution is -0.146. The van der Waals surface area contributed by atoms with E-state index in [1.165, 1.54) is 25.1 Å². The quantitative estimate of drug-likeness (QED) is 0.667. The Morgan fingerprint density at radius 3 is 2.52 bits per heavy atom. The number of carboxylic acid groups (broad SMARTS) is 1. The Bertz CT molecular complexity index is 1060. The largest absolute Gasteiger partial charge is 0.481 e. The van der Waals surface area contributed by atoms with E-state index in [0.29, 0.717) is 37.6 Å². The zero-order chi connectivity index (χ0) is 24.2. The fourth-order valence-corrected chi connectivity index (χ4v) is 3.64. The number of nitrogens with one attached hydrogen (secondary N) is 1. The number of aliphatic carboxylic acids is 1. The van der Waals surface area contributed by atoms with Crippen molar-refractivity contribution in [2.45, 2.75) is 32.9 Å². The maximum atomic E-state index is 13.7. The summed E-state index contributed by atoms with van der Waals surface area (Å²) in [5, 5.41) is 12.3. The summed E-state index contributed by atoms with van der Waals surface area (Å²) < 4.78 is 46.5. The summed E-state index contributed by atoms with van der Waals surface area (Å²) in [5.41, 5.74) is -1.45. The molecule has 176 valence electrons. The van der Waals surface area contributed by atoms with Crippen LogP contribution in [0.5, 0.6) is 0 Å². The maximum absolute atomic E-state index is 13.7. The molecule has 1 aromatic carbocycles. The first-order valence-corrected chi connectivity index (χ1v) is 10.5. The number of hydrogen-bond acceptors (Lipinski definition) is 4. The smallest absolute Gasteiger partial charge is 0.417 e. The Morgan fingerprint density at radius 2 is 1.91 bits per heavy atom. The number of amides is 1. The molecule has 1 aliphatic carbocycles. The van der Waals surface area contributed by atoms with Gasteiger partial charge in [0.25, 0.3) is 0 Å². The SMILES string of the molecule is CCC(=O)NC1=CC=C(C#Cc2ccc(N3CCOCC3)cc2C(F)(F)F)CC1(C)C(=O)O. The fourth-order valence-electron chi connectivity index (χ4n) is 3.64. The van der Waals surface area contributed by atoms with Crippen LogP contribution < -0.4 is 10.2 Å². The van der Waals surface area contributed by atoms with Gasteiger partial charge >= 0.3 is 12.1 Å². The summed E-state index contributed by atoms with van der Waals surface area (Å²) in [4.78, 5) is 25.5. The number of hydrogen-bond donors (Lipinski definition) is 2. The number of carboxylic acids is 1. The lowest BCUT2D eigenvalue weighted by Crippen LogP contribution is -2.40. The van der Waals surface area contributed by atoms with Gasteiger partial charge in [0.05, 0.1) is 18.8 Å². The molecule has 1 aliphatic heterocycles. The molecule has 33 heavy (non-hydrogen) atoms. The maximum Gasteiger partial charge on any atom is 0.417 e. The number of ether oxygens (including phenoxy) is 1. The highest BCUT2D eigenvalue weighted by Gasteiger charge is 2.40. The van der Waals surface area contributed by atoms with Crippen molar-refractivity contribution in [1.82, 2.24) is 5.32 Å². The topological polar surface area (TPSA) is 78.9 Å². The highest BCUT2D eigenvalue weighted by atomic mass is 19.4. The summed E-state index contributed by atoms with van der Waals surface area (Å²) >= 11 is 0. The molecule has 1 unspecified atom stereocenters. The van der Waals surface area contributed by atoms with Crippen LogP contribution in [0.25, 0.3) is 0 Å². The number of morpholine rings is 1. The van der Waals surface area contributed by atoms with Crippen LogP contribution in [0, 0.1) is 17.3 Å². The Labute approximate surface area is 190 Å². The van der Waals surface area contributed by atoms with Crippen LogP contribution in [-0.4, -0.2) is 43.3 Å². The summed E-state index contributed by atoms with van der Waals surface area (Å²) in [5.74, 6) is 3.79. The number of alkyl halides is 3. The number of halogens is 3. The molecule has 0 bridgehead atoms. The van der Waals surface area contributed by atoms with Gasteiger partial charge in [0, 0.05) is 48.5 Å². The van der Waals surface area contributed by atoms with E-state index in [0.717, 1.165) is 6.07 Å². The molecular formula is C24H25F3N2O4. The van der Waals surface area contributed by atoms with Crippen molar-refractivity contribution in [1.29, 1.82) is 0 Å². The van der Waals surface area contributed by atoms with Crippen LogP contribution in [0.2, 0.25) is 0 Å². The van der Waals surface area contributed by atoms with Crippen LogP contribution in [0.1, 0.15) is 37.8 Å². The Hall–Kier alpha value is -3.25. The van der Waals surface area contributed by atoms with E-state index in [1.54, 1.807) is 13.0 Å². The van der Waals surface area contributed by atoms with Crippen LogP contribution in [0.15, 0.2) is 41.6 Å². The van der Waals surface area contributed by atoms with Gasteiger partial charge in [0.1, 0.15) is 5.41 Å². The molecule has 6 nitrogen and oxygen atoms in total. The van der Waals surface area contributed by atoms with Gasteiger partial charge < -0.3 is 20.1 Å². The van der Waals surface area contributed by atoms with E-state index in [4.69, 9.17) is 4.74 Å². The van der Waals surface area contributed by atoms with E-state index in [-0.39, 0.29) is 30.0 Å². The molecule has 3 rings (SSSR count). The van der Waals surface area contributed by atoms with Crippen molar-refractivity contribution >= 4 is 17.6 Å². The minimum Gasteiger partial charge on any atom is -0.481 e. The minimum atomic E-state index is -4.60. The summed E-state index contributed by atoms with van der Waals surface area (Å²) in [6.45, 7) is 5.01.